The first kappa shape index (κ1) is 24.7. The third-order valence-corrected chi connectivity index (χ3v) is 6.07. The lowest BCUT2D eigenvalue weighted by atomic mass is 9.80. The van der Waals surface area contributed by atoms with Crippen LogP contribution in [0.5, 0.6) is 5.75 Å². The van der Waals surface area contributed by atoms with E-state index in [2.05, 4.69) is 9.10 Å². The van der Waals surface area contributed by atoms with Crippen molar-refractivity contribution < 1.29 is 52.1 Å². The van der Waals surface area contributed by atoms with Gasteiger partial charge in [0.15, 0.2) is 0 Å². The molecule has 2 aromatic carbocycles. The molecule has 15 heteroatoms. The third-order valence-electron chi connectivity index (χ3n) is 3.83. The molecule has 0 bridgehead atoms. The van der Waals surface area contributed by atoms with Crippen molar-refractivity contribution in [3.8, 4) is 5.75 Å². The average Bonchev–Trinajstić information content (AvgIpc) is 2.63. The number of carboxylic acid groups (broad SMARTS) is 1. The number of aliphatic carboxylic acids is 1. The van der Waals surface area contributed by atoms with Crippen LogP contribution in [0.1, 0.15) is 5.56 Å². The lowest BCUT2D eigenvalue weighted by Crippen LogP contribution is -2.32. The Kier molecular flexibility index (Phi) is 7.39. The highest BCUT2D eigenvalue weighted by Gasteiger charge is 2.32. The zero-order valence-corrected chi connectivity index (χ0v) is 16.6. The molecule has 1 unspecified atom stereocenters. The first-order valence-corrected chi connectivity index (χ1v) is 9.92. The largest absolute Gasteiger partial charge is 0.573 e. The van der Waals surface area contributed by atoms with Crippen LogP contribution in [0.25, 0.3) is 0 Å². The molecule has 0 amide bonds. The Balaban J connectivity index is 2.85. The van der Waals surface area contributed by atoms with Gasteiger partial charge in [-0.3, -0.25) is 4.79 Å². The summed E-state index contributed by atoms with van der Waals surface area (Å²) in [6.45, 7) is 0.490. The molecule has 0 spiro atoms. The molecular formula is C16H16B2F3NO8S. The van der Waals surface area contributed by atoms with E-state index in [1.807, 2.05) is 0 Å². The van der Waals surface area contributed by atoms with Crippen LogP contribution in [0.3, 0.4) is 0 Å². The van der Waals surface area contributed by atoms with E-state index >= 15 is 0 Å². The number of ether oxygens (including phenoxy) is 1. The van der Waals surface area contributed by atoms with Gasteiger partial charge in [-0.05, 0) is 48.2 Å². The van der Waals surface area contributed by atoms with Gasteiger partial charge in [-0.15, -0.1) is 13.2 Å². The van der Waals surface area contributed by atoms with Crippen molar-refractivity contribution in [2.45, 2.75) is 23.1 Å². The standard InChI is InChI=1S/C16H16B2F3NO8S/c1-9-2-10(17(25)26)5-13(3-9)31(29,22-8-15(23)24)14-6-11(18(27)28)4-12(7-14)30-16(19,20)21/h2-7,25-28H,8H2,1H3,(H,23,24). The van der Waals surface area contributed by atoms with Crippen LogP contribution in [0.15, 0.2) is 50.6 Å². The lowest BCUT2D eigenvalue weighted by molar-refractivity contribution is -0.274. The summed E-state index contributed by atoms with van der Waals surface area (Å²) in [5.41, 5.74) is -0.285. The van der Waals surface area contributed by atoms with Crippen LogP contribution in [0, 0.1) is 6.92 Å². The van der Waals surface area contributed by atoms with Crippen molar-refractivity contribution in [3.63, 3.8) is 0 Å². The summed E-state index contributed by atoms with van der Waals surface area (Å²) in [6, 6.07) is 5.84. The van der Waals surface area contributed by atoms with Gasteiger partial charge in [0.1, 0.15) is 22.0 Å². The molecule has 2 aromatic rings. The predicted molar refractivity (Wildman–Crippen MR) is 104 cm³/mol. The zero-order valence-electron chi connectivity index (χ0n) is 15.8. The lowest BCUT2D eigenvalue weighted by Gasteiger charge is -2.17. The van der Waals surface area contributed by atoms with E-state index in [1.165, 1.54) is 19.1 Å². The van der Waals surface area contributed by atoms with Crippen molar-refractivity contribution >= 4 is 40.9 Å². The fourth-order valence-electron chi connectivity index (χ4n) is 2.61. The summed E-state index contributed by atoms with van der Waals surface area (Å²) in [5.74, 6) is -2.44. The Hall–Kier alpha value is -2.58. The second-order valence-corrected chi connectivity index (χ2v) is 8.57. The molecule has 1 atom stereocenters. The summed E-state index contributed by atoms with van der Waals surface area (Å²) in [5, 5.41) is 46.7. The van der Waals surface area contributed by atoms with Gasteiger partial charge in [-0.25, -0.2) is 8.57 Å². The van der Waals surface area contributed by atoms with Crippen molar-refractivity contribution in [1.82, 2.24) is 0 Å². The van der Waals surface area contributed by atoms with E-state index in [1.54, 1.807) is 0 Å². The molecule has 0 aliphatic rings. The minimum atomic E-state index is -5.16. The van der Waals surface area contributed by atoms with Crippen LogP contribution in [0.2, 0.25) is 0 Å². The van der Waals surface area contributed by atoms with Gasteiger partial charge in [-0.1, -0.05) is 11.6 Å². The minimum Gasteiger partial charge on any atom is -0.480 e. The number of carbonyl (C=O) groups is 1. The Morgan fingerprint density at radius 3 is 2.00 bits per heavy atom. The maximum atomic E-state index is 13.8. The zero-order chi connectivity index (χ0) is 23.6. The van der Waals surface area contributed by atoms with Crippen molar-refractivity contribution in [1.29, 1.82) is 0 Å². The van der Waals surface area contributed by atoms with E-state index in [9.17, 15) is 42.3 Å². The molecule has 166 valence electrons. The van der Waals surface area contributed by atoms with Crippen LogP contribution in [0.4, 0.5) is 13.2 Å². The number of rotatable bonds is 7. The number of hydrogen-bond donors (Lipinski definition) is 5. The summed E-state index contributed by atoms with van der Waals surface area (Å²) >= 11 is 0. The molecule has 0 aliphatic heterocycles. The van der Waals surface area contributed by atoms with Crippen LogP contribution in [-0.2, 0) is 14.5 Å². The number of benzene rings is 2. The van der Waals surface area contributed by atoms with Gasteiger partial charge in [0.2, 0.25) is 0 Å². The number of halogens is 3. The van der Waals surface area contributed by atoms with Crippen LogP contribution < -0.4 is 15.7 Å². The summed E-state index contributed by atoms with van der Waals surface area (Å²) < 4.78 is 59.3. The normalized spacial score (nSPS) is 13.3. The fourth-order valence-corrected chi connectivity index (χ4v) is 4.69. The van der Waals surface area contributed by atoms with Gasteiger partial charge in [0, 0.05) is 0 Å². The number of carboxylic acids is 1. The summed E-state index contributed by atoms with van der Waals surface area (Å²) in [6.07, 6.45) is -5.16. The summed E-state index contributed by atoms with van der Waals surface area (Å²) in [7, 11) is -8.26. The molecule has 0 saturated carbocycles. The molecule has 0 saturated heterocycles. The molecule has 9 nitrogen and oxygen atoms in total. The molecular weight excluding hydrogens is 445 g/mol. The Labute approximate surface area is 175 Å². The quantitative estimate of drug-likeness (QED) is 0.337. The number of alkyl halides is 3. The third kappa shape index (κ3) is 6.45. The molecule has 0 radical (unpaired) electrons. The van der Waals surface area contributed by atoms with Crippen LogP contribution in [-0.4, -0.2) is 62.5 Å². The smallest absolute Gasteiger partial charge is 0.480 e. The maximum absolute atomic E-state index is 13.8. The van der Waals surface area contributed by atoms with Gasteiger partial charge < -0.3 is 29.9 Å². The number of nitrogens with zero attached hydrogens (tertiary/aromatic N) is 1. The van der Waals surface area contributed by atoms with Crippen molar-refractivity contribution in [2.75, 3.05) is 6.54 Å². The van der Waals surface area contributed by atoms with Gasteiger partial charge in [-0.2, -0.15) is 0 Å². The second-order valence-electron chi connectivity index (χ2n) is 6.32. The average molecular weight is 461 g/mol. The molecule has 0 heterocycles. The highest BCUT2D eigenvalue weighted by atomic mass is 32.2. The van der Waals surface area contributed by atoms with Crippen molar-refractivity contribution in [2.24, 2.45) is 4.36 Å². The first-order chi connectivity index (χ1) is 14.2. The summed E-state index contributed by atoms with van der Waals surface area (Å²) in [4.78, 5) is 10.3. The SMILES string of the molecule is Cc1cc(B(O)O)cc(S(=O)(=NCC(=O)O)c2cc(OC(F)(F)F)cc(B(O)O)c2)c1. The number of aryl methyl sites for hydroxylation is 1. The van der Waals surface area contributed by atoms with E-state index < -0.39 is 59.0 Å². The molecule has 0 aliphatic carbocycles. The first-order valence-electron chi connectivity index (χ1n) is 8.40. The van der Waals surface area contributed by atoms with E-state index in [-0.39, 0.29) is 10.4 Å². The van der Waals surface area contributed by atoms with Gasteiger partial charge in [0.25, 0.3) is 0 Å². The van der Waals surface area contributed by atoms with Gasteiger partial charge in [0.05, 0.1) is 9.79 Å². The van der Waals surface area contributed by atoms with E-state index in [0.717, 1.165) is 12.1 Å². The Morgan fingerprint density at radius 1 is 1.00 bits per heavy atom. The fraction of sp³-hybridized carbons (Fsp3) is 0.188. The predicted octanol–water partition coefficient (Wildman–Crippen LogP) is -0.776. The van der Waals surface area contributed by atoms with Gasteiger partial charge >= 0.3 is 26.6 Å². The molecule has 31 heavy (non-hydrogen) atoms. The molecule has 0 fully saturated rings. The Morgan fingerprint density at radius 2 is 1.52 bits per heavy atom. The Bertz CT molecular complexity index is 1100. The molecule has 0 aromatic heterocycles. The highest BCUT2D eigenvalue weighted by Crippen LogP contribution is 2.29. The van der Waals surface area contributed by atoms with Crippen LogP contribution >= 0.6 is 0 Å². The minimum absolute atomic E-state index is 0.127. The maximum Gasteiger partial charge on any atom is 0.573 e. The second kappa shape index (κ2) is 9.28. The van der Waals surface area contributed by atoms with E-state index in [0.29, 0.717) is 17.7 Å². The molecule has 5 N–H and O–H groups in total. The van der Waals surface area contributed by atoms with Crippen molar-refractivity contribution in [3.05, 3.63) is 42.0 Å². The molecule has 2 rings (SSSR count). The van der Waals surface area contributed by atoms with E-state index in [4.69, 9.17) is 5.11 Å². The highest BCUT2D eigenvalue weighted by molar-refractivity contribution is 7.93. The number of hydrogen-bond acceptors (Lipinski definition) is 8. The topological polar surface area (TPSA) is 157 Å². The monoisotopic (exact) mass is 461 g/mol.